The minimum atomic E-state index is 0.00235. The van der Waals surface area contributed by atoms with Crippen molar-refractivity contribution < 1.29 is 9.53 Å². The Labute approximate surface area is 205 Å². The van der Waals surface area contributed by atoms with E-state index in [4.69, 9.17) is 9.72 Å². The van der Waals surface area contributed by atoms with Crippen molar-refractivity contribution in [3.8, 4) is 5.75 Å². The number of rotatable bonds is 12. The zero-order valence-corrected chi connectivity index (χ0v) is 20.8. The molecule has 2 aromatic heterocycles. The monoisotopic (exact) mass is 475 g/mol. The SMILES string of the molecule is CC(C)c1ccccc1OCCCCn1c(CCCNC(=O)c2cccs2)nc2ccccc21. The Morgan fingerprint density at radius 1 is 1.03 bits per heavy atom. The number of carbonyl (C=O) groups excluding carboxylic acids is 1. The summed E-state index contributed by atoms with van der Waals surface area (Å²) in [5, 5.41) is 4.94. The van der Waals surface area contributed by atoms with Gasteiger partial charge >= 0.3 is 0 Å². The van der Waals surface area contributed by atoms with Gasteiger partial charge in [0.1, 0.15) is 11.6 Å². The minimum Gasteiger partial charge on any atom is -0.493 e. The number of ether oxygens (including phenoxy) is 1. The van der Waals surface area contributed by atoms with Crippen molar-refractivity contribution in [2.24, 2.45) is 0 Å². The summed E-state index contributed by atoms with van der Waals surface area (Å²) in [7, 11) is 0. The number of aromatic nitrogens is 2. The van der Waals surface area contributed by atoms with Crippen molar-refractivity contribution >= 4 is 28.3 Å². The molecule has 0 aliphatic carbocycles. The molecule has 0 saturated heterocycles. The maximum absolute atomic E-state index is 12.2. The summed E-state index contributed by atoms with van der Waals surface area (Å²) in [4.78, 5) is 17.8. The summed E-state index contributed by atoms with van der Waals surface area (Å²) in [6, 6.07) is 20.4. The Morgan fingerprint density at radius 2 is 1.85 bits per heavy atom. The average molecular weight is 476 g/mol. The topological polar surface area (TPSA) is 56.1 Å². The van der Waals surface area contributed by atoms with Gasteiger partial charge in [-0.1, -0.05) is 50.2 Å². The molecular formula is C28H33N3O2S. The van der Waals surface area contributed by atoms with E-state index in [9.17, 15) is 4.79 Å². The fourth-order valence-corrected chi connectivity index (χ4v) is 4.79. The minimum absolute atomic E-state index is 0.00235. The van der Waals surface area contributed by atoms with Crippen LogP contribution >= 0.6 is 11.3 Å². The van der Waals surface area contributed by atoms with Crippen molar-refractivity contribution in [1.82, 2.24) is 14.9 Å². The number of hydrogen-bond donors (Lipinski definition) is 1. The van der Waals surface area contributed by atoms with E-state index in [-0.39, 0.29) is 5.91 Å². The molecule has 4 rings (SSSR count). The first kappa shape index (κ1) is 24.0. The molecule has 0 bridgehead atoms. The van der Waals surface area contributed by atoms with E-state index in [1.165, 1.54) is 22.4 Å². The van der Waals surface area contributed by atoms with Gasteiger partial charge < -0.3 is 14.6 Å². The standard InChI is InChI=1S/C28H33N3O2S/c1-21(2)22-11-3-6-14-25(22)33-19-8-7-18-31-24-13-5-4-12-23(24)30-27(31)16-9-17-29-28(32)26-15-10-20-34-26/h3-6,10-15,20-21H,7-9,16-19H2,1-2H3,(H,29,32). The number of fused-ring (bicyclic) bond motifs is 1. The summed E-state index contributed by atoms with van der Waals surface area (Å²) in [5.41, 5.74) is 3.46. The molecule has 4 aromatic rings. The number of nitrogens with one attached hydrogen (secondary N) is 1. The first-order valence-electron chi connectivity index (χ1n) is 12.1. The number of nitrogens with zero attached hydrogens (tertiary/aromatic N) is 2. The summed E-state index contributed by atoms with van der Waals surface area (Å²) in [6.07, 6.45) is 3.69. The number of imidazole rings is 1. The van der Waals surface area contributed by atoms with Gasteiger partial charge in [0.15, 0.2) is 0 Å². The van der Waals surface area contributed by atoms with E-state index in [0.29, 0.717) is 19.1 Å². The quantitative estimate of drug-likeness (QED) is 0.240. The maximum Gasteiger partial charge on any atom is 0.261 e. The highest BCUT2D eigenvalue weighted by atomic mass is 32.1. The fourth-order valence-electron chi connectivity index (χ4n) is 4.15. The zero-order valence-electron chi connectivity index (χ0n) is 20.0. The molecule has 0 fully saturated rings. The second kappa shape index (κ2) is 11.8. The van der Waals surface area contributed by atoms with Crippen LogP contribution in [0.15, 0.2) is 66.0 Å². The van der Waals surface area contributed by atoms with Gasteiger partial charge in [-0.15, -0.1) is 11.3 Å². The van der Waals surface area contributed by atoms with Crippen molar-refractivity contribution in [3.05, 3.63) is 82.3 Å². The van der Waals surface area contributed by atoms with E-state index in [1.54, 1.807) is 0 Å². The molecular weight excluding hydrogens is 442 g/mol. The van der Waals surface area contributed by atoms with E-state index in [0.717, 1.165) is 54.2 Å². The van der Waals surface area contributed by atoms with Gasteiger partial charge in [0.05, 0.1) is 22.5 Å². The van der Waals surface area contributed by atoms with Crippen LogP contribution in [0.4, 0.5) is 0 Å². The van der Waals surface area contributed by atoms with Crippen molar-refractivity contribution in [3.63, 3.8) is 0 Å². The Kier molecular flexibility index (Phi) is 8.36. The summed E-state index contributed by atoms with van der Waals surface area (Å²) in [5.74, 6) is 2.53. The molecule has 1 amide bonds. The molecule has 0 spiro atoms. The fraction of sp³-hybridized carbons (Fsp3) is 0.357. The third kappa shape index (κ3) is 6.06. The van der Waals surface area contributed by atoms with Crippen molar-refractivity contribution in [1.29, 1.82) is 0 Å². The Bertz CT molecular complexity index is 1200. The molecule has 2 aromatic carbocycles. The Morgan fingerprint density at radius 3 is 2.68 bits per heavy atom. The first-order valence-corrected chi connectivity index (χ1v) is 13.0. The zero-order chi connectivity index (χ0) is 23.8. The predicted molar refractivity (Wildman–Crippen MR) is 140 cm³/mol. The van der Waals surface area contributed by atoms with Gasteiger partial charge in [-0.25, -0.2) is 4.98 Å². The molecule has 2 heterocycles. The van der Waals surface area contributed by atoms with Crippen LogP contribution in [0.2, 0.25) is 0 Å². The molecule has 0 unspecified atom stereocenters. The lowest BCUT2D eigenvalue weighted by atomic mass is 10.0. The first-order chi connectivity index (χ1) is 16.6. The van der Waals surface area contributed by atoms with Crippen molar-refractivity contribution in [2.75, 3.05) is 13.2 Å². The van der Waals surface area contributed by atoms with E-state index >= 15 is 0 Å². The molecule has 0 atom stereocenters. The van der Waals surface area contributed by atoms with Gasteiger partial charge in [-0.3, -0.25) is 4.79 Å². The van der Waals surface area contributed by atoms with Crippen molar-refractivity contribution in [2.45, 2.75) is 52.0 Å². The summed E-state index contributed by atoms with van der Waals surface area (Å²) in [6.45, 7) is 6.65. The predicted octanol–water partition coefficient (Wildman–Crippen LogP) is 6.44. The normalized spacial score (nSPS) is 11.3. The number of para-hydroxylation sites is 3. The molecule has 0 aliphatic heterocycles. The summed E-state index contributed by atoms with van der Waals surface area (Å²) < 4.78 is 8.44. The van der Waals surface area contributed by atoms with E-state index in [1.807, 2.05) is 29.6 Å². The largest absolute Gasteiger partial charge is 0.493 e. The molecule has 5 nitrogen and oxygen atoms in total. The van der Waals surface area contributed by atoms with E-state index < -0.39 is 0 Å². The highest BCUT2D eigenvalue weighted by molar-refractivity contribution is 7.12. The molecule has 0 saturated carbocycles. The Balaban J connectivity index is 1.30. The van der Waals surface area contributed by atoms with Crippen LogP contribution in [0.1, 0.15) is 60.1 Å². The van der Waals surface area contributed by atoms with Gasteiger partial charge in [-0.05, 0) is 60.4 Å². The van der Waals surface area contributed by atoms with Gasteiger partial charge in [-0.2, -0.15) is 0 Å². The second-order valence-electron chi connectivity index (χ2n) is 8.75. The van der Waals surface area contributed by atoms with Crippen LogP contribution < -0.4 is 10.1 Å². The van der Waals surface area contributed by atoms with Crippen LogP contribution in [0.5, 0.6) is 5.75 Å². The number of amides is 1. The maximum atomic E-state index is 12.2. The molecule has 1 N–H and O–H groups in total. The lowest BCUT2D eigenvalue weighted by Gasteiger charge is -2.14. The lowest BCUT2D eigenvalue weighted by molar-refractivity contribution is 0.0957. The van der Waals surface area contributed by atoms with Crippen LogP contribution in [0.3, 0.4) is 0 Å². The molecule has 6 heteroatoms. The van der Waals surface area contributed by atoms with Crippen LogP contribution in [0.25, 0.3) is 11.0 Å². The summed E-state index contributed by atoms with van der Waals surface area (Å²) >= 11 is 1.47. The van der Waals surface area contributed by atoms with Crippen LogP contribution in [0, 0.1) is 0 Å². The number of thiophene rings is 1. The highest BCUT2D eigenvalue weighted by Gasteiger charge is 2.11. The molecule has 0 radical (unpaired) electrons. The van der Waals surface area contributed by atoms with E-state index in [2.05, 4.69) is 60.1 Å². The third-order valence-electron chi connectivity index (χ3n) is 5.92. The number of aryl methyl sites for hydroxylation is 2. The Hall–Kier alpha value is -3.12. The second-order valence-corrected chi connectivity index (χ2v) is 9.70. The van der Waals surface area contributed by atoms with Gasteiger partial charge in [0.25, 0.3) is 5.91 Å². The third-order valence-corrected chi connectivity index (χ3v) is 6.78. The number of hydrogen-bond acceptors (Lipinski definition) is 4. The molecule has 0 aliphatic rings. The smallest absolute Gasteiger partial charge is 0.261 e. The number of benzene rings is 2. The number of carbonyl (C=O) groups is 1. The highest BCUT2D eigenvalue weighted by Crippen LogP contribution is 2.26. The molecule has 178 valence electrons. The number of unbranched alkanes of at least 4 members (excludes halogenated alkanes) is 1. The average Bonchev–Trinajstić information content (AvgIpc) is 3.50. The lowest BCUT2D eigenvalue weighted by Crippen LogP contribution is -2.24. The van der Waals surface area contributed by atoms with Crippen LogP contribution in [-0.4, -0.2) is 28.6 Å². The van der Waals surface area contributed by atoms with Crippen LogP contribution in [-0.2, 0) is 13.0 Å². The van der Waals surface area contributed by atoms with Gasteiger partial charge in [0, 0.05) is 19.5 Å². The molecule has 34 heavy (non-hydrogen) atoms. The van der Waals surface area contributed by atoms with Gasteiger partial charge in [0.2, 0.25) is 0 Å².